The molecule has 20 heavy (non-hydrogen) atoms. The molecule has 114 valence electrons. The molecular formula is C10H15F3N4O2S. The van der Waals surface area contributed by atoms with Crippen LogP contribution in [0.5, 0.6) is 0 Å². The van der Waals surface area contributed by atoms with E-state index in [-0.39, 0.29) is 31.1 Å². The number of aryl methyl sites for hydroxylation is 1. The maximum Gasteiger partial charge on any atom is 0.401 e. The Labute approximate surface area is 114 Å². The van der Waals surface area contributed by atoms with Crippen LogP contribution in [0.3, 0.4) is 0 Å². The number of nitrogens with one attached hydrogen (secondary N) is 1. The Hall–Kier alpha value is -1.13. The third-order valence-corrected chi connectivity index (χ3v) is 5.15. The minimum Gasteiger partial charge on any atom is -0.292 e. The molecule has 1 aromatic heterocycles. The summed E-state index contributed by atoms with van der Waals surface area (Å²) in [5.74, 6) is 0. The van der Waals surface area contributed by atoms with Crippen LogP contribution in [0.4, 0.5) is 13.2 Å². The summed E-state index contributed by atoms with van der Waals surface area (Å²) < 4.78 is 62.5. The summed E-state index contributed by atoms with van der Waals surface area (Å²) in [5, 5.41) is 6.19. The van der Waals surface area contributed by atoms with Crippen LogP contribution in [0.25, 0.3) is 0 Å². The van der Waals surface area contributed by atoms with Gasteiger partial charge in [-0.05, 0) is 6.92 Å². The summed E-state index contributed by atoms with van der Waals surface area (Å²) in [5.41, 5.74) is 0.419. The predicted molar refractivity (Wildman–Crippen MR) is 64.6 cm³/mol. The number of aromatic amines is 1. The monoisotopic (exact) mass is 312 g/mol. The second kappa shape index (κ2) is 5.34. The van der Waals surface area contributed by atoms with E-state index in [0.29, 0.717) is 5.69 Å². The zero-order chi connectivity index (χ0) is 15.0. The first-order valence-corrected chi connectivity index (χ1v) is 7.43. The number of rotatable bonds is 3. The number of sulfonamides is 1. The first kappa shape index (κ1) is 15.3. The molecule has 1 aromatic rings. The first-order valence-electron chi connectivity index (χ1n) is 5.99. The van der Waals surface area contributed by atoms with Crippen molar-refractivity contribution in [1.29, 1.82) is 0 Å². The Morgan fingerprint density at radius 1 is 1.30 bits per heavy atom. The lowest BCUT2D eigenvalue weighted by molar-refractivity contribution is -0.148. The highest BCUT2D eigenvalue weighted by Gasteiger charge is 2.35. The summed E-state index contributed by atoms with van der Waals surface area (Å²) in [6, 6.07) is 0. The lowest BCUT2D eigenvalue weighted by Crippen LogP contribution is -2.50. The molecular weight excluding hydrogens is 297 g/mol. The normalized spacial score (nSPS) is 19.4. The van der Waals surface area contributed by atoms with Crippen LogP contribution in [0.2, 0.25) is 0 Å². The van der Waals surface area contributed by atoms with Gasteiger partial charge in [0.25, 0.3) is 0 Å². The van der Waals surface area contributed by atoms with E-state index in [9.17, 15) is 21.6 Å². The molecule has 0 unspecified atom stereocenters. The molecule has 0 aromatic carbocycles. The molecule has 1 N–H and O–H groups in total. The van der Waals surface area contributed by atoms with E-state index >= 15 is 0 Å². The van der Waals surface area contributed by atoms with Crippen LogP contribution in [-0.2, 0) is 10.0 Å². The minimum atomic E-state index is -4.26. The fourth-order valence-corrected chi connectivity index (χ4v) is 3.66. The molecule has 1 saturated heterocycles. The fourth-order valence-electron chi connectivity index (χ4n) is 2.12. The maximum absolute atomic E-state index is 12.3. The van der Waals surface area contributed by atoms with Crippen LogP contribution < -0.4 is 0 Å². The fraction of sp³-hybridized carbons (Fsp3) is 0.700. The molecule has 0 aliphatic carbocycles. The molecule has 0 saturated carbocycles. The molecule has 1 aliphatic rings. The second-order valence-corrected chi connectivity index (χ2v) is 6.56. The van der Waals surface area contributed by atoms with Crippen LogP contribution in [-0.4, -0.2) is 66.7 Å². The number of halogens is 3. The third kappa shape index (κ3) is 3.30. The highest BCUT2D eigenvalue weighted by molar-refractivity contribution is 7.89. The Balaban J connectivity index is 2.02. The van der Waals surface area contributed by atoms with Crippen molar-refractivity contribution in [3.63, 3.8) is 0 Å². The van der Waals surface area contributed by atoms with E-state index in [1.54, 1.807) is 6.92 Å². The van der Waals surface area contributed by atoms with Gasteiger partial charge >= 0.3 is 6.18 Å². The van der Waals surface area contributed by atoms with E-state index in [0.717, 1.165) is 0 Å². The Kier molecular flexibility index (Phi) is 4.07. The number of piperazine rings is 1. The molecule has 0 spiro atoms. The Morgan fingerprint density at radius 2 is 1.90 bits per heavy atom. The number of H-pyrrole nitrogens is 1. The average molecular weight is 312 g/mol. The molecule has 0 radical (unpaired) electrons. The predicted octanol–water partition coefficient (Wildman–Crippen LogP) is 0.587. The Bertz CT molecular complexity index is 561. The number of hydrogen-bond donors (Lipinski definition) is 1. The van der Waals surface area contributed by atoms with Crippen LogP contribution in [0, 0.1) is 6.92 Å². The summed E-state index contributed by atoms with van der Waals surface area (Å²) in [6.45, 7) is 0.794. The van der Waals surface area contributed by atoms with E-state index in [1.807, 2.05) is 0 Å². The van der Waals surface area contributed by atoms with Gasteiger partial charge in [0.1, 0.15) is 4.90 Å². The van der Waals surface area contributed by atoms with Crippen molar-refractivity contribution >= 4 is 10.0 Å². The van der Waals surface area contributed by atoms with Crippen molar-refractivity contribution in [2.45, 2.75) is 18.0 Å². The molecule has 2 rings (SSSR count). The van der Waals surface area contributed by atoms with Gasteiger partial charge in [-0.2, -0.15) is 22.6 Å². The summed E-state index contributed by atoms with van der Waals surface area (Å²) in [4.78, 5) is 1.27. The van der Waals surface area contributed by atoms with Crippen LogP contribution in [0.15, 0.2) is 11.1 Å². The Morgan fingerprint density at radius 3 is 2.35 bits per heavy atom. The van der Waals surface area contributed by atoms with Crippen molar-refractivity contribution in [2.75, 3.05) is 32.7 Å². The van der Waals surface area contributed by atoms with Gasteiger partial charge in [0, 0.05) is 26.2 Å². The number of aromatic nitrogens is 2. The van der Waals surface area contributed by atoms with Gasteiger partial charge < -0.3 is 0 Å². The highest BCUT2D eigenvalue weighted by Crippen LogP contribution is 2.21. The van der Waals surface area contributed by atoms with Crippen LogP contribution >= 0.6 is 0 Å². The van der Waals surface area contributed by atoms with Gasteiger partial charge in [-0.3, -0.25) is 10.00 Å². The maximum atomic E-state index is 12.3. The number of nitrogens with zero attached hydrogens (tertiary/aromatic N) is 3. The largest absolute Gasteiger partial charge is 0.401 e. The zero-order valence-electron chi connectivity index (χ0n) is 10.8. The van der Waals surface area contributed by atoms with Gasteiger partial charge in [-0.15, -0.1) is 0 Å². The van der Waals surface area contributed by atoms with Crippen molar-refractivity contribution in [2.24, 2.45) is 0 Å². The summed E-state index contributed by atoms with van der Waals surface area (Å²) in [7, 11) is -3.68. The molecule has 1 fully saturated rings. The van der Waals surface area contributed by atoms with E-state index in [4.69, 9.17) is 0 Å². The lowest BCUT2D eigenvalue weighted by Gasteiger charge is -2.34. The zero-order valence-corrected chi connectivity index (χ0v) is 11.6. The topological polar surface area (TPSA) is 69.3 Å². The SMILES string of the molecule is Cc1[nH]ncc1S(=O)(=O)N1CCN(CC(F)(F)F)CC1. The number of alkyl halides is 3. The molecule has 6 nitrogen and oxygen atoms in total. The molecule has 0 amide bonds. The van der Waals surface area contributed by atoms with E-state index < -0.39 is 22.7 Å². The highest BCUT2D eigenvalue weighted by atomic mass is 32.2. The molecule has 1 aliphatic heterocycles. The van der Waals surface area contributed by atoms with Gasteiger partial charge in [-0.25, -0.2) is 8.42 Å². The van der Waals surface area contributed by atoms with E-state index in [1.165, 1.54) is 15.4 Å². The van der Waals surface area contributed by atoms with Crippen molar-refractivity contribution in [3.05, 3.63) is 11.9 Å². The minimum absolute atomic E-state index is 0.0447. The van der Waals surface area contributed by atoms with Crippen molar-refractivity contribution < 1.29 is 21.6 Å². The quantitative estimate of drug-likeness (QED) is 0.887. The lowest BCUT2D eigenvalue weighted by atomic mass is 10.3. The molecule has 0 bridgehead atoms. The van der Waals surface area contributed by atoms with Crippen molar-refractivity contribution in [3.8, 4) is 0 Å². The summed E-state index contributed by atoms with van der Waals surface area (Å²) in [6.07, 6.45) is -3.05. The smallest absolute Gasteiger partial charge is 0.292 e. The average Bonchev–Trinajstić information content (AvgIpc) is 2.74. The number of hydrogen-bond acceptors (Lipinski definition) is 4. The molecule has 10 heteroatoms. The second-order valence-electron chi connectivity index (χ2n) is 4.65. The van der Waals surface area contributed by atoms with Gasteiger partial charge in [0.2, 0.25) is 10.0 Å². The van der Waals surface area contributed by atoms with Gasteiger partial charge in [0.05, 0.1) is 18.4 Å². The standard InChI is InChI=1S/C10H15F3N4O2S/c1-8-9(6-14-15-8)20(18,19)17-4-2-16(3-5-17)7-10(11,12)13/h6H,2-5,7H2,1H3,(H,14,15). The van der Waals surface area contributed by atoms with E-state index in [2.05, 4.69) is 10.2 Å². The van der Waals surface area contributed by atoms with Gasteiger partial charge in [0.15, 0.2) is 0 Å². The molecule has 0 atom stereocenters. The van der Waals surface area contributed by atoms with Gasteiger partial charge in [-0.1, -0.05) is 0 Å². The van der Waals surface area contributed by atoms with Crippen LogP contribution in [0.1, 0.15) is 5.69 Å². The first-order chi connectivity index (χ1) is 9.20. The third-order valence-electron chi connectivity index (χ3n) is 3.14. The summed E-state index contributed by atoms with van der Waals surface area (Å²) >= 11 is 0. The van der Waals surface area contributed by atoms with Crippen molar-refractivity contribution in [1.82, 2.24) is 19.4 Å². The molecule has 2 heterocycles.